The number of thioether (sulfide) groups is 1. The highest BCUT2D eigenvalue weighted by Gasteiger charge is 2.24. The smallest absolute Gasteiger partial charge is 0.265 e. The van der Waals surface area contributed by atoms with Crippen LogP contribution in [0, 0.1) is 0 Å². The van der Waals surface area contributed by atoms with E-state index in [1.54, 1.807) is 23.1 Å². The highest BCUT2D eigenvalue weighted by Crippen LogP contribution is 2.27. The second-order valence-corrected chi connectivity index (χ2v) is 5.69. The molecule has 2 heterocycles. The van der Waals surface area contributed by atoms with Crippen molar-refractivity contribution in [3.05, 3.63) is 16.3 Å². The lowest BCUT2D eigenvalue weighted by molar-refractivity contribution is 0.0711. The number of nitrogens with one attached hydrogen (secondary N) is 1. The van der Waals surface area contributed by atoms with E-state index in [0.717, 1.165) is 29.4 Å². The number of carbonyl (C=O) groups excluding carboxylic acids is 1. The van der Waals surface area contributed by atoms with Crippen molar-refractivity contribution in [2.75, 3.05) is 25.9 Å². The zero-order valence-electron chi connectivity index (χ0n) is 9.53. The maximum atomic E-state index is 12.3. The van der Waals surface area contributed by atoms with E-state index in [-0.39, 0.29) is 5.91 Å². The van der Waals surface area contributed by atoms with Crippen molar-refractivity contribution in [3.8, 4) is 0 Å². The van der Waals surface area contributed by atoms with Gasteiger partial charge in [0, 0.05) is 30.6 Å². The number of piperazine rings is 1. The molecule has 88 valence electrons. The summed E-state index contributed by atoms with van der Waals surface area (Å²) in [6.45, 7) is 4.63. The summed E-state index contributed by atoms with van der Waals surface area (Å²) < 4.78 is 0. The molecule has 1 aromatic heterocycles. The Morgan fingerprint density at radius 2 is 2.50 bits per heavy atom. The van der Waals surface area contributed by atoms with E-state index in [0.29, 0.717) is 6.04 Å². The summed E-state index contributed by atoms with van der Waals surface area (Å²) in [6, 6.07) is 2.42. The summed E-state index contributed by atoms with van der Waals surface area (Å²) in [5.41, 5.74) is 0. The molecule has 0 aliphatic carbocycles. The van der Waals surface area contributed by atoms with Crippen LogP contribution in [0.25, 0.3) is 0 Å². The molecule has 1 atom stereocenters. The molecular formula is C11H16N2OS2. The number of hydrogen-bond donors (Lipinski definition) is 1. The fourth-order valence-electron chi connectivity index (χ4n) is 1.87. The van der Waals surface area contributed by atoms with Crippen LogP contribution < -0.4 is 5.32 Å². The molecule has 0 radical (unpaired) electrons. The molecule has 1 N–H and O–H groups in total. The van der Waals surface area contributed by atoms with Gasteiger partial charge in [0.2, 0.25) is 0 Å². The summed E-state index contributed by atoms with van der Waals surface area (Å²) in [5.74, 6) is 0.188. The van der Waals surface area contributed by atoms with Crippen molar-refractivity contribution < 1.29 is 4.79 Å². The zero-order chi connectivity index (χ0) is 11.5. The van der Waals surface area contributed by atoms with E-state index in [2.05, 4.69) is 12.2 Å². The third-order valence-corrected chi connectivity index (χ3v) is 4.51. The van der Waals surface area contributed by atoms with Gasteiger partial charge in [-0.15, -0.1) is 23.1 Å². The van der Waals surface area contributed by atoms with E-state index in [9.17, 15) is 4.79 Å². The molecule has 0 aromatic carbocycles. The lowest BCUT2D eigenvalue weighted by atomic mass is 10.2. The Labute approximate surface area is 104 Å². The number of nitrogens with zero attached hydrogens (tertiary/aromatic N) is 1. The van der Waals surface area contributed by atoms with E-state index in [4.69, 9.17) is 0 Å². The molecule has 1 aliphatic heterocycles. The van der Waals surface area contributed by atoms with E-state index in [1.165, 1.54) is 0 Å². The minimum atomic E-state index is 0.188. The van der Waals surface area contributed by atoms with Crippen LogP contribution in [0.5, 0.6) is 0 Å². The van der Waals surface area contributed by atoms with Crippen molar-refractivity contribution in [2.45, 2.75) is 17.9 Å². The Morgan fingerprint density at radius 3 is 3.19 bits per heavy atom. The van der Waals surface area contributed by atoms with Gasteiger partial charge in [-0.1, -0.05) is 0 Å². The van der Waals surface area contributed by atoms with E-state index >= 15 is 0 Å². The predicted molar refractivity (Wildman–Crippen MR) is 69.5 cm³/mol. The Balaban J connectivity index is 2.12. The van der Waals surface area contributed by atoms with Crippen LogP contribution in [0.3, 0.4) is 0 Å². The van der Waals surface area contributed by atoms with Gasteiger partial charge in [-0.05, 0) is 24.6 Å². The first-order valence-electron chi connectivity index (χ1n) is 5.36. The van der Waals surface area contributed by atoms with Gasteiger partial charge >= 0.3 is 0 Å². The topological polar surface area (TPSA) is 32.3 Å². The third kappa shape index (κ3) is 2.42. The van der Waals surface area contributed by atoms with E-state index < -0.39 is 0 Å². The molecule has 1 amide bonds. The Morgan fingerprint density at radius 1 is 1.69 bits per heavy atom. The van der Waals surface area contributed by atoms with Crippen LogP contribution in [0.15, 0.2) is 16.3 Å². The number of rotatable bonds is 2. The van der Waals surface area contributed by atoms with Gasteiger partial charge in [0.25, 0.3) is 5.91 Å². The highest BCUT2D eigenvalue weighted by molar-refractivity contribution is 7.98. The SMILES string of the molecule is CSc1ccsc1C(=O)N1CCNC(C)C1. The zero-order valence-corrected chi connectivity index (χ0v) is 11.2. The Kier molecular flexibility index (Phi) is 3.89. The van der Waals surface area contributed by atoms with Crippen LogP contribution in [0.2, 0.25) is 0 Å². The summed E-state index contributed by atoms with van der Waals surface area (Å²) in [7, 11) is 0. The fourth-order valence-corrected chi connectivity index (χ4v) is 3.59. The largest absolute Gasteiger partial charge is 0.335 e. The molecule has 5 heteroatoms. The molecule has 1 saturated heterocycles. The third-order valence-electron chi connectivity index (χ3n) is 2.70. The Hall–Kier alpha value is -0.520. The van der Waals surface area contributed by atoms with Crippen molar-refractivity contribution >= 4 is 29.0 Å². The molecule has 16 heavy (non-hydrogen) atoms. The highest BCUT2D eigenvalue weighted by atomic mass is 32.2. The van der Waals surface area contributed by atoms with Gasteiger partial charge in [-0.25, -0.2) is 0 Å². The first kappa shape index (κ1) is 12.0. The molecule has 0 bridgehead atoms. The molecule has 1 aromatic rings. The quantitative estimate of drug-likeness (QED) is 0.820. The minimum absolute atomic E-state index is 0.188. The van der Waals surface area contributed by atoms with Crippen LogP contribution >= 0.6 is 23.1 Å². The van der Waals surface area contributed by atoms with Gasteiger partial charge in [-0.3, -0.25) is 4.79 Å². The van der Waals surface area contributed by atoms with Crippen molar-refractivity contribution in [3.63, 3.8) is 0 Å². The lowest BCUT2D eigenvalue weighted by Gasteiger charge is -2.31. The maximum Gasteiger partial charge on any atom is 0.265 e. The molecule has 1 fully saturated rings. The molecular weight excluding hydrogens is 240 g/mol. The van der Waals surface area contributed by atoms with Crippen molar-refractivity contribution in [1.82, 2.24) is 10.2 Å². The van der Waals surface area contributed by atoms with Crippen molar-refractivity contribution in [2.24, 2.45) is 0 Å². The van der Waals surface area contributed by atoms with Gasteiger partial charge in [0.05, 0.1) is 0 Å². The Bertz CT molecular complexity index is 378. The van der Waals surface area contributed by atoms with Gasteiger partial charge < -0.3 is 10.2 Å². The molecule has 0 saturated carbocycles. The van der Waals surface area contributed by atoms with Gasteiger partial charge in [0.15, 0.2) is 0 Å². The van der Waals surface area contributed by atoms with Crippen LogP contribution in [0.4, 0.5) is 0 Å². The van der Waals surface area contributed by atoms with Crippen LogP contribution in [0.1, 0.15) is 16.6 Å². The number of hydrogen-bond acceptors (Lipinski definition) is 4. The number of thiophene rings is 1. The molecule has 3 nitrogen and oxygen atoms in total. The van der Waals surface area contributed by atoms with E-state index in [1.807, 2.05) is 22.6 Å². The minimum Gasteiger partial charge on any atom is -0.335 e. The fraction of sp³-hybridized carbons (Fsp3) is 0.545. The molecule has 2 rings (SSSR count). The second kappa shape index (κ2) is 5.21. The summed E-state index contributed by atoms with van der Waals surface area (Å²) in [6.07, 6.45) is 2.01. The predicted octanol–water partition coefficient (Wildman–Crippen LogP) is 1.90. The summed E-state index contributed by atoms with van der Waals surface area (Å²) in [5, 5.41) is 5.34. The standard InChI is InChI=1S/C11H16N2OS2/c1-8-7-13(5-4-12-8)11(14)10-9(15-2)3-6-16-10/h3,6,8,12H,4-5,7H2,1-2H3. The first-order chi connectivity index (χ1) is 7.72. The monoisotopic (exact) mass is 256 g/mol. The number of carbonyl (C=O) groups is 1. The van der Waals surface area contributed by atoms with Crippen LogP contribution in [-0.4, -0.2) is 42.7 Å². The summed E-state index contributed by atoms with van der Waals surface area (Å²) in [4.78, 5) is 16.2. The molecule has 0 spiro atoms. The second-order valence-electron chi connectivity index (χ2n) is 3.92. The normalized spacial score (nSPS) is 21.1. The number of amides is 1. The molecule has 1 unspecified atom stereocenters. The average molecular weight is 256 g/mol. The molecule has 1 aliphatic rings. The van der Waals surface area contributed by atoms with Gasteiger partial charge in [-0.2, -0.15) is 0 Å². The van der Waals surface area contributed by atoms with Crippen LogP contribution in [-0.2, 0) is 0 Å². The summed E-state index contributed by atoms with van der Waals surface area (Å²) >= 11 is 3.19. The van der Waals surface area contributed by atoms with Crippen molar-refractivity contribution in [1.29, 1.82) is 0 Å². The first-order valence-corrected chi connectivity index (χ1v) is 7.47. The average Bonchev–Trinajstić information content (AvgIpc) is 2.76. The maximum absolute atomic E-state index is 12.3. The lowest BCUT2D eigenvalue weighted by Crippen LogP contribution is -2.51. The van der Waals surface area contributed by atoms with Gasteiger partial charge in [0.1, 0.15) is 4.88 Å².